The molecule has 8 heteroatoms. The van der Waals surface area contributed by atoms with E-state index in [1.807, 2.05) is 13.8 Å². The van der Waals surface area contributed by atoms with Crippen LogP contribution in [0.1, 0.15) is 54.4 Å². The average Bonchev–Trinajstić information content (AvgIpc) is 2.69. The molecule has 0 heterocycles. The summed E-state index contributed by atoms with van der Waals surface area (Å²) in [6.07, 6.45) is -0.927. The summed E-state index contributed by atoms with van der Waals surface area (Å²) in [4.78, 5) is 37.2. The zero-order valence-electron chi connectivity index (χ0n) is 19.5. The molecule has 8 nitrogen and oxygen atoms in total. The molecule has 0 aromatic heterocycles. The van der Waals surface area contributed by atoms with E-state index >= 15 is 0 Å². The highest BCUT2D eigenvalue weighted by Crippen LogP contribution is 2.49. The summed E-state index contributed by atoms with van der Waals surface area (Å²) in [5, 5.41) is 31.3. The Labute approximate surface area is 188 Å². The molecule has 5 atom stereocenters. The van der Waals surface area contributed by atoms with Crippen molar-refractivity contribution in [3.63, 3.8) is 0 Å². The SMILES string of the molecule is CC(=O)O[C@H]1C(=O)/C(C)=C/C[C@H](O)/C(CO)=C/[C@H](OC(C)=O)[C@@H]2C[C@H](O)C(C)=C1C2(C)C. The number of hydrogen-bond acceptors (Lipinski definition) is 8. The van der Waals surface area contributed by atoms with Crippen LogP contribution in [0.25, 0.3) is 0 Å². The van der Waals surface area contributed by atoms with E-state index in [0.29, 0.717) is 11.1 Å². The fourth-order valence-corrected chi connectivity index (χ4v) is 4.75. The summed E-state index contributed by atoms with van der Waals surface area (Å²) >= 11 is 0. The Balaban J connectivity index is 2.82. The van der Waals surface area contributed by atoms with Gasteiger partial charge in [0.1, 0.15) is 6.10 Å². The zero-order chi connectivity index (χ0) is 24.4. The molecule has 0 radical (unpaired) electrons. The number of fused-ring (bicyclic) bond motifs is 2. The highest BCUT2D eigenvalue weighted by Gasteiger charge is 2.50. The molecule has 2 bridgehead atoms. The Morgan fingerprint density at radius 3 is 2.22 bits per heavy atom. The van der Waals surface area contributed by atoms with E-state index < -0.39 is 60.1 Å². The van der Waals surface area contributed by atoms with E-state index in [9.17, 15) is 29.7 Å². The number of carbonyl (C=O) groups is 3. The molecule has 2 aliphatic rings. The normalized spacial score (nSPS) is 34.3. The van der Waals surface area contributed by atoms with Gasteiger partial charge in [-0.1, -0.05) is 19.9 Å². The Morgan fingerprint density at radius 1 is 1.09 bits per heavy atom. The third-order valence-electron chi connectivity index (χ3n) is 6.53. The minimum absolute atomic E-state index is 0.0399. The van der Waals surface area contributed by atoms with Gasteiger partial charge in [0.2, 0.25) is 5.78 Å². The number of rotatable bonds is 3. The fraction of sp³-hybridized carbons (Fsp3) is 0.625. The van der Waals surface area contributed by atoms with Crippen molar-refractivity contribution in [2.75, 3.05) is 6.61 Å². The highest BCUT2D eigenvalue weighted by molar-refractivity contribution is 6.01. The van der Waals surface area contributed by atoms with Gasteiger partial charge in [-0.05, 0) is 60.5 Å². The molecule has 0 aromatic carbocycles. The number of aliphatic hydroxyl groups excluding tert-OH is 3. The molecule has 0 aliphatic heterocycles. The van der Waals surface area contributed by atoms with Crippen molar-refractivity contribution in [1.29, 1.82) is 0 Å². The molecule has 178 valence electrons. The average molecular weight is 451 g/mol. The number of hydrogen-bond donors (Lipinski definition) is 3. The second-order valence-electron chi connectivity index (χ2n) is 9.14. The van der Waals surface area contributed by atoms with Crippen LogP contribution in [0.4, 0.5) is 0 Å². The molecule has 0 unspecified atom stereocenters. The van der Waals surface area contributed by atoms with E-state index in [-0.39, 0.29) is 24.0 Å². The molecule has 0 fully saturated rings. The van der Waals surface area contributed by atoms with Crippen LogP contribution >= 0.6 is 0 Å². The first kappa shape index (κ1) is 26.0. The summed E-state index contributed by atoms with van der Waals surface area (Å²) in [5.74, 6) is -2.19. The van der Waals surface area contributed by atoms with Gasteiger partial charge >= 0.3 is 11.9 Å². The number of ether oxygens (including phenoxy) is 2. The maximum Gasteiger partial charge on any atom is 0.303 e. The molecule has 0 spiro atoms. The van der Waals surface area contributed by atoms with Gasteiger partial charge in [-0.2, -0.15) is 0 Å². The molecule has 0 saturated carbocycles. The molecule has 3 N–H and O–H groups in total. The first-order valence-electron chi connectivity index (χ1n) is 10.7. The molecule has 2 rings (SSSR count). The smallest absolute Gasteiger partial charge is 0.303 e. The summed E-state index contributed by atoms with van der Waals surface area (Å²) in [5.41, 5.74) is 0.691. The van der Waals surface area contributed by atoms with Crippen molar-refractivity contribution >= 4 is 17.7 Å². The lowest BCUT2D eigenvalue weighted by molar-refractivity contribution is -0.152. The molecule has 0 amide bonds. The third-order valence-corrected chi connectivity index (χ3v) is 6.53. The van der Waals surface area contributed by atoms with Crippen LogP contribution in [0.2, 0.25) is 0 Å². The van der Waals surface area contributed by atoms with Crippen molar-refractivity contribution in [3.8, 4) is 0 Å². The van der Waals surface area contributed by atoms with E-state index in [2.05, 4.69) is 0 Å². The zero-order valence-corrected chi connectivity index (χ0v) is 19.5. The van der Waals surface area contributed by atoms with Gasteiger partial charge in [0, 0.05) is 19.8 Å². The van der Waals surface area contributed by atoms with Crippen LogP contribution in [-0.2, 0) is 23.9 Å². The lowest BCUT2D eigenvalue weighted by atomic mass is 9.60. The number of carbonyl (C=O) groups excluding carboxylic acids is 3. The van der Waals surface area contributed by atoms with Gasteiger partial charge in [-0.15, -0.1) is 0 Å². The van der Waals surface area contributed by atoms with Crippen LogP contribution in [0.3, 0.4) is 0 Å². The second-order valence-corrected chi connectivity index (χ2v) is 9.14. The topological polar surface area (TPSA) is 130 Å². The highest BCUT2D eigenvalue weighted by atomic mass is 16.5. The largest absolute Gasteiger partial charge is 0.458 e. The van der Waals surface area contributed by atoms with E-state index in [1.165, 1.54) is 26.0 Å². The quantitative estimate of drug-likeness (QED) is 0.438. The summed E-state index contributed by atoms with van der Waals surface area (Å²) in [6.45, 7) is 8.96. The molecular formula is C24H34O8. The first-order valence-corrected chi connectivity index (χ1v) is 10.7. The van der Waals surface area contributed by atoms with Gasteiger partial charge in [0.25, 0.3) is 0 Å². The lowest BCUT2D eigenvalue weighted by Gasteiger charge is -2.47. The Morgan fingerprint density at radius 2 is 1.69 bits per heavy atom. The minimum atomic E-state index is -1.26. The van der Waals surface area contributed by atoms with E-state index in [4.69, 9.17) is 9.47 Å². The number of Topliss-reactive ketones (excluding diaryl/α,β-unsaturated/α-hetero) is 1. The fourth-order valence-electron chi connectivity index (χ4n) is 4.75. The van der Waals surface area contributed by atoms with Crippen molar-refractivity contribution < 1.29 is 39.2 Å². The predicted molar refractivity (Wildman–Crippen MR) is 116 cm³/mol. The van der Waals surface area contributed by atoms with Crippen molar-refractivity contribution in [1.82, 2.24) is 0 Å². The van der Waals surface area contributed by atoms with Gasteiger partial charge < -0.3 is 24.8 Å². The van der Waals surface area contributed by atoms with Crippen molar-refractivity contribution in [2.24, 2.45) is 11.3 Å². The van der Waals surface area contributed by atoms with Crippen LogP contribution in [0, 0.1) is 11.3 Å². The lowest BCUT2D eigenvalue weighted by Crippen LogP contribution is -2.49. The van der Waals surface area contributed by atoms with Crippen LogP contribution in [0.5, 0.6) is 0 Å². The standard InChI is InChI=1S/C24H34O8/c1-12-7-8-18(28)16(11-25)9-20(31-14(3)26)17-10-19(29)13(2)21(24(17,5)6)23(22(12)30)32-15(4)27/h7,9,17-20,23,25,28-29H,8,10-11H2,1-6H3/b12-7+,16-9+/t17-,18-,19-,20-,23+/m0/s1. The van der Waals surface area contributed by atoms with Crippen molar-refractivity contribution in [2.45, 2.75) is 78.8 Å². The molecule has 0 aromatic rings. The van der Waals surface area contributed by atoms with E-state index in [0.717, 1.165) is 0 Å². The van der Waals surface area contributed by atoms with Crippen LogP contribution in [0.15, 0.2) is 34.4 Å². The Hall–Kier alpha value is -2.29. The number of aliphatic hydroxyl groups is 3. The first-order chi connectivity index (χ1) is 14.8. The summed E-state index contributed by atoms with van der Waals surface area (Å²) < 4.78 is 11.0. The Bertz CT molecular complexity index is 863. The van der Waals surface area contributed by atoms with Crippen LogP contribution in [-0.4, -0.2) is 64.1 Å². The molecular weight excluding hydrogens is 416 g/mol. The summed E-state index contributed by atoms with van der Waals surface area (Å²) in [6, 6.07) is 0. The molecule has 2 aliphatic carbocycles. The predicted octanol–water partition coefficient (Wildman–Crippen LogP) is 1.77. The number of esters is 2. The maximum absolute atomic E-state index is 13.4. The van der Waals surface area contributed by atoms with E-state index in [1.54, 1.807) is 13.8 Å². The molecule has 0 saturated heterocycles. The Kier molecular flexibility index (Phi) is 8.20. The van der Waals surface area contributed by atoms with Gasteiger partial charge in [-0.25, -0.2) is 0 Å². The van der Waals surface area contributed by atoms with Crippen molar-refractivity contribution in [3.05, 3.63) is 34.4 Å². The summed E-state index contributed by atoms with van der Waals surface area (Å²) in [7, 11) is 0. The monoisotopic (exact) mass is 450 g/mol. The maximum atomic E-state index is 13.4. The minimum Gasteiger partial charge on any atom is -0.458 e. The van der Waals surface area contributed by atoms with Gasteiger partial charge in [-0.3, -0.25) is 14.4 Å². The number of ketones is 1. The third kappa shape index (κ3) is 5.36. The van der Waals surface area contributed by atoms with Gasteiger partial charge in [0.15, 0.2) is 6.10 Å². The second kappa shape index (κ2) is 10.1. The molecule has 32 heavy (non-hydrogen) atoms. The van der Waals surface area contributed by atoms with Gasteiger partial charge in [0.05, 0.1) is 18.8 Å². The van der Waals surface area contributed by atoms with Crippen LogP contribution < -0.4 is 0 Å².